The molecule has 1 aromatic heterocycles. The van der Waals surface area contributed by atoms with Crippen molar-refractivity contribution in [3.8, 4) is 0 Å². The minimum atomic E-state index is 0.646. The molecule has 0 unspecified atom stereocenters. The second-order valence-corrected chi connectivity index (χ2v) is 5.08. The molecule has 0 fully saturated rings. The van der Waals surface area contributed by atoms with Crippen molar-refractivity contribution in [1.82, 2.24) is 15.0 Å². The fourth-order valence-electron chi connectivity index (χ4n) is 1.73. The number of aryl methyl sites for hydroxylation is 2. The molecule has 1 aromatic carbocycles. The summed E-state index contributed by atoms with van der Waals surface area (Å²) in [5, 5.41) is 8.97. The average molecular weight is 284 g/mol. The molecule has 0 amide bonds. The molecule has 18 heavy (non-hydrogen) atoms. The van der Waals surface area contributed by atoms with Gasteiger partial charge in [-0.3, -0.25) is 0 Å². The van der Waals surface area contributed by atoms with Crippen molar-refractivity contribution in [2.45, 2.75) is 26.3 Å². The third-order valence-corrected chi connectivity index (χ3v) is 3.31. The Morgan fingerprint density at radius 1 is 1.33 bits per heavy atom. The molecule has 96 valence electrons. The molecule has 0 aliphatic carbocycles. The van der Waals surface area contributed by atoms with Gasteiger partial charge >= 0.3 is 0 Å². The van der Waals surface area contributed by atoms with Gasteiger partial charge in [-0.05, 0) is 37.0 Å². The van der Waals surface area contributed by atoms with Gasteiger partial charge in [0.1, 0.15) is 0 Å². The normalized spacial score (nSPS) is 10.8. The minimum absolute atomic E-state index is 0.646. The molecule has 0 aliphatic heterocycles. The molecule has 0 aliphatic rings. The monoisotopic (exact) mass is 283 g/mol. The van der Waals surface area contributed by atoms with Gasteiger partial charge in [-0.1, -0.05) is 28.9 Å². The summed E-state index contributed by atoms with van der Waals surface area (Å²) in [6.45, 7) is 2.67. The second-order valence-electron chi connectivity index (χ2n) is 4.29. The second kappa shape index (κ2) is 6.21. The Hall–Kier alpha value is -1.06. The number of alkyl halides is 1. The Bertz CT molecular complexity index is 523. The van der Waals surface area contributed by atoms with E-state index in [1.54, 1.807) is 4.68 Å². The first kappa shape index (κ1) is 13.4. The van der Waals surface area contributed by atoms with Gasteiger partial charge in [0.05, 0.1) is 12.2 Å². The lowest BCUT2D eigenvalue weighted by atomic mass is 10.1. The zero-order valence-corrected chi connectivity index (χ0v) is 11.7. The molecule has 3 nitrogen and oxygen atoms in total. The minimum Gasteiger partial charge on any atom is -0.248 e. The van der Waals surface area contributed by atoms with Crippen LogP contribution in [0.5, 0.6) is 0 Å². The Morgan fingerprint density at radius 2 is 2.17 bits per heavy atom. The van der Waals surface area contributed by atoms with Crippen LogP contribution < -0.4 is 0 Å². The number of aromatic nitrogens is 3. The van der Waals surface area contributed by atoms with Crippen molar-refractivity contribution in [1.29, 1.82) is 0 Å². The van der Waals surface area contributed by atoms with E-state index in [1.165, 1.54) is 0 Å². The van der Waals surface area contributed by atoms with Gasteiger partial charge in [-0.25, -0.2) is 4.68 Å². The van der Waals surface area contributed by atoms with Gasteiger partial charge in [0.2, 0.25) is 0 Å². The topological polar surface area (TPSA) is 30.7 Å². The molecule has 0 bridgehead atoms. The molecule has 0 N–H and O–H groups in total. The number of rotatable bonds is 5. The Kier molecular flexibility index (Phi) is 4.61. The van der Waals surface area contributed by atoms with E-state index in [1.807, 2.05) is 31.3 Å². The zero-order chi connectivity index (χ0) is 13.0. The summed E-state index contributed by atoms with van der Waals surface area (Å²) in [5.41, 5.74) is 3.18. The smallest absolute Gasteiger partial charge is 0.0827 e. The molecule has 0 radical (unpaired) electrons. The predicted octanol–water partition coefficient (Wildman–Crippen LogP) is 3.46. The van der Waals surface area contributed by atoms with E-state index < -0.39 is 0 Å². The fourth-order valence-corrected chi connectivity index (χ4v) is 2.16. The van der Waals surface area contributed by atoms with E-state index in [4.69, 9.17) is 23.2 Å². The van der Waals surface area contributed by atoms with Crippen LogP contribution in [0.15, 0.2) is 24.4 Å². The van der Waals surface area contributed by atoms with Crippen molar-refractivity contribution in [2.75, 3.05) is 5.88 Å². The van der Waals surface area contributed by atoms with Gasteiger partial charge < -0.3 is 0 Å². The SMILES string of the molecule is Cc1ccc(Cn2cc(CCCCl)nn2)c(Cl)c1. The van der Waals surface area contributed by atoms with Gasteiger partial charge in [0, 0.05) is 17.1 Å². The van der Waals surface area contributed by atoms with Crippen LogP contribution in [0.4, 0.5) is 0 Å². The quantitative estimate of drug-likeness (QED) is 0.787. The molecule has 1 heterocycles. The molecular weight excluding hydrogens is 269 g/mol. The van der Waals surface area contributed by atoms with Crippen molar-refractivity contribution in [3.63, 3.8) is 0 Å². The highest BCUT2D eigenvalue weighted by molar-refractivity contribution is 6.31. The molecule has 0 atom stereocenters. The highest BCUT2D eigenvalue weighted by Gasteiger charge is 2.04. The third-order valence-electron chi connectivity index (χ3n) is 2.69. The number of nitrogens with zero attached hydrogens (tertiary/aromatic N) is 3. The molecule has 2 rings (SSSR count). The summed E-state index contributed by atoms with van der Waals surface area (Å²) in [4.78, 5) is 0. The van der Waals surface area contributed by atoms with Crippen LogP contribution in [0.3, 0.4) is 0 Å². The van der Waals surface area contributed by atoms with Gasteiger partial charge in [0.15, 0.2) is 0 Å². The Morgan fingerprint density at radius 3 is 2.89 bits per heavy atom. The summed E-state index contributed by atoms with van der Waals surface area (Å²) in [5.74, 6) is 0.649. The summed E-state index contributed by atoms with van der Waals surface area (Å²) in [6.07, 6.45) is 3.74. The van der Waals surface area contributed by atoms with Crippen molar-refractivity contribution in [2.24, 2.45) is 0 Å². The van der Waals surface area contributed by atoms with E-state index in [0.717, 1.165) is 34.7 Å². The molecule has 5 heteroatoms. The fraction of sp³-hybridized carbons (Fsp3) is 0.385. The number of halogens is 2. The first-order valence-corrected chi connectivity index (χ1v) is 6.80. The van der Waals surface area contributed by atoms with Crippen molar-refractivity contribution < 1.29 is 0 Å². The molecule has 0 saturated heterocycles. The van der Waals surface area contributed by atoms with Crippen molar-refractivity contribution in [3.05, 3.63) is 46.2 Å². The lowest BCUT2D eigenvalue weighted by Crippen LogP contribution is -2.01. The van der Waals surface area contributed by atoms with E-state index in [0.29, 0.717) is 12.4 Å². The van der Waals surface area contributed by atoms with Crippen LogP contribution in [0, 0.1) is 6.92 Å². The largest absolute Gasteiger partial charge is 0.248 e. The summed E-state index contributed by atoms with van der Waals surface area (Å²) in [6, 6.07) is 6.03. The standard InChI is InChI=1S/C13H15Cl2N3/c1-10-4-5-11(13(15)7-10)8-18-9-12(16-17-18)3-2-6-14/h4-5,7,9H,2-3,6,8H2,1H3. The summed E-state index contributed by atoms with van der Waals surface area (Å²) in [7, 11) is 0. The molecule has 0 saturated carbocycles. The van der Waals surface area contributed by atoms with Crippen LogP contribution >= 0.6 is 23.2 Å². The van der Waals surface area contributed by atoms with Gasteiger partial charge in [-0.2, -0.15) is 0 Å². The van der Waals surface area contributed by atoms with Gasteiger partial charge in [-0.15, -0.1) is 16.7 Å². The highest BCUT2D eigenvalue weighted by atomic mass is 35.5. The highest BCUT2D eigenvalue weighted by Crippen LogP contribution is 2.18. The van der Waals surface area contributed by atoms with Gasteiger partial charge in [0.25, 0.3) is 0 Å². The van der Waals surface area contributed by atoms with E-state index in [-0.39, 0.29) is 0 Å². The van der Waals surface area contributed by atoms with Crippen LogP contribution in [0.2, 0.25) is 5.02 Å². The van der Waals surface area contributed by atoms with Crippen LogP contribution in [0.25, 0.3) is 0 Å². The van der Waals surface area contributed by atoms with E-state index in [2.05, 4.69) is 10.3 Å². The Labute approximate surface area is 117 Å². The van der Waals surface area contributed by atoms with Crippen molar-refractivity contribution >= 4 is 23.2 Å². The summed E-state index contributed by atoms with van der Waals surface area (Å²) >= 11 is 11.8. The maximum absolute atomic E-state index is 6.19. The number of benzene rings is 1. The molecule has 0 spiro atoms. The van der Waals surface area contributed by atoms with E-state index in [9.17, 15) is 0 Å². The Balaban J connectivity index is 2.06. The zero-order valence-electron chi connectivity index (χ0n) is 10.2. The number of hydrogen-bond acceptors (Lipinski definition) is 2. The van der Waals surface area contributed by atoms with Crippen LogP contribution in [-0.2, 0) is 13.0 Å². The van der Waals surface area contributed by atoms with Crippen LogP contribution in [-0.4, -0.2) is 20.9 Å². The summed E-state index contributed by atoms with van der Waals surface area (Å²) < 4.78 is 1.81. The molecule has 2 aromatic rings. The third kappa shape index (κ3) is 3.47. The lowest BCUT2D eigenvalue weighted by Gasteiger charge is -2.04. The first-order chi connectivity index (χ1) is 8.69. The maximum atomic E-state index is 6.19. The first-order valence-electron chi connectivity index (χ1n) is 5.89. The predicted molar refractivity (Wildman–Crippen MR) is 74.4 cm³/mol. The number of hydrogen-bond donors (Lipinski definition) is 0. The van der Waals surface area contributed by atoms with Crippen LogP contribution in [0.1, 0.15) is 23.2 Å². The molecular formula is C13H15Cl2N3. The lowest BCUT2D eigenvalue weighted by molar-refractivity contribution is 0.649. The maximum Gasteiger partial charge on any atom is 0.0827 e. The average Bonchev–Trinajstić information content (AvgIpc) is 2.78. The van der Waals surface area contributed by atoms with E-state index >= 15 is 0 Å².